The topological polar surface area (TPSA) is 82.9 Å². The van der Waals surface area contributed by atoms with E-state index in [0.29, 0.717) is 11.3 Å². The Bertz CT molecular complexity index is 412. The molecule has 0 aliphatic rings. The normalized spacial score (nSPS) is 9.56. The molecule has 0 aliphatic carbocycles. The molecular weight excluding hydrogens is 359 g/mol. The van der Waals surface area contributed by atoms with Crippen LogP contribution >= 0.6 is 24.0 Å². The Morgan fingerprint density at radius 2 is 2.06 bits per heavy atom. The van der Waals surface area contributed by atoms with Crippen LogP contribution in [0.15, 0.2) is 23.2 Å². The van der Waals surface area contributed by atoms with E-state index in [9.17, 15) is 8.78 Å². The second-order valence-electron chi connectivity index (χ2n) is 3.09. The Morgan fingerprint density at radius 1 is 1.39 bits per heavy atom. The van der Waals surface area contributed by atoms with Crippen molar-refractivity contribution in [1.29, 1.82) is 0 Å². The highest BCUT2D eigenvalue weighted by Crippen LogP contribution is 2.26. The fourth-order valence-electron chi connectivity index (χ4n) is 1.19. The summed E-state index contributed by atoms with van der Waals surface area (Å²) in [6.07, 6.45) is 0. The van der Waals surface area contributed by atoms with Gasteiger partial charge in [-0.3, -0.25) is 0 Å². The third kappa shape index (κ3) is 5.34. The van der Waals surface area contributed by atoms with E-state index in [-0.39, 0.29) is 42.2 Å². The smallest absolute Gasteiger partial charge is 0.387 e. The first kappa shape index (κ1) is 16.7. The van der Waals surface area contributed by atoms with E-state index >= 15 is 0 Å². The molecule has 0 bridgehead atoms. The van der Waals surface area contributed by atoms with Crippen molar-refractivity contribution in [1.82, 2.24) is 0 Å². The number of hydrogen-bond acceptors (Lipinski definition) is 3. The van der Waals surface area contributed by atoms with Crippen LogP contribution in [0.3, 0.4) is 0 Å². The zero-order valence-corrected chi connectivity index (χ0v) is 11.9. The molecule has 0 spiro atoms. The second kappa shape index (κ2) is 7.90. The van der Waals surface area contributed by atoms with Crippen molar-refractivity contribution in [2.45, 2.75) is 13.2 Å². The summed E-state index contributed by atoms with van der Waals surface area (Å²) in [5, 5.41) is 0. The van der Waals surface area contributed by atoms with Crippen molar-refractivity contribution in [2.24, 2.45) is 16.5 Å². The van der Waals surface area contributed by atoms with Gasteiger partial charge in [0, 0.05) is 5.56 Å². The summed E-state index contributed by atoms with van der Waals surface area (Å²) in [6, 6.07) is 4.42. The number of ether oxygens (including phenoxy) is 2. The molecule has 0 heterocycles. The summed E-state index contributed by atoms with van der Waals surface area (Å²) in [7, 11) is 1.47. The molecule has 1 rings (SSSR count). The molecule has 0 aromatic heterocycles. The maximum atomic E-state index is 12.1. The van der Waals surface area contributed by atoms with Crippen molar-refractivity contribution in [3.05, 3.63) is 23.8 Å². The minimum atomic E-state index is -2.90. The Morgan fingerprint density at radius 3 is 2.56 bits per heavy atom. The van der Waals surface area contributed by atoms with Crippen LogP contribution in [-0.2, 0) is 6.54 Å². The van der Waals surface area contributed by atoms with Gasteiger partial charge in [-0.2, -0.15) is 8.78 Å². The quantitative estimate of drug-likeness (QED) is 0.468. The predicted molar refractivity (Wildman–Crippen MR) is 74.6 cm³/mol. The van der Waals surface area contributed by atoms with Crippen LogP contribution in [0, 0.1) is 0 Å². The van der Waals surface area contributed by atoms with E-state index in [4.69, 9.17) is 16.2 Å². The number of guanidine groups is 1. The molecule has 0 amide bonds. The molecule has 4 N–H and O–H groups in total. The maximum Gasteiger partial charge on any atom is 0.387 e. The molecule has 1 aromatic carbocycles. The first-order valence-corrected chi connectivity index (χ1v) is 4.70. The third-order valence-corrected chi connectivity index (χ3v) is 1.92. The third-order valence-electron chi connectivity index (χ3n) is 1.92. The monoisotopic (exact) mass is 373 g/mol. The lowest BCUT2D eigenvalue weighted by Gasteiger charge is -2.10. The van der Waals surface area contributed by atoms with E-state index < -0.39 is 6.61 Å². The number of nitrogens with zero attached hydrogens (tertiary/aromatic N) is 1. The van der Waals surface area contributed by atoms with Crippen LogP contribution in [0.1, 0.15) is 5.56 Å². The molecule has 18 heavy (non-hydrogen) atoms. The van der Waals surface area contributed by atoms with Gasteiger partial charge in [0.25, 0.3) is 0 Å². The lowest BCUT2D eigenvalue weighted by molar-refractivity contribution is -0.0504. The minimum absolute atomic E-state index is 0. The fraction of sp³-hybridized carbons (Fsp3) is 0.300. The number of methoxy groups -OCH3 is 1. The van der Waals surface area contributed by atoms with Crippen molar-refractivity contribution in [2.75, 3.05) is 7.11 Å². The van der Waals surface area contributed by atoms with Gasteiger partial charge in [-0.25, -0.2) is 4.99 Å². The van der Waals surface area contributed by atoms with Gasteiger partial charge >= 0.3 is 6.61 Å². The van der Waals surface area contributed by atoms with Gasteiger partial charge in [-0.15, -0.1) is 24.0 Å². The Hall–Kier alpha value is -1.32. The highest BCUT2D eigenvalue weighted by molar-refractivity contribution is 14.0. The van der Waals surface area contributed by atoms with Crippen LogP contribution in [0.2, 0.25) is 0 Å². The summed E-state index contributed by atoms with van der Waals surface area (Å²) in [5.41, 5.74) is 10.8. The maximum absolute atomic E-state index is 12.1. The lowest BCUT2D eigenvalue weighted by atomic mass is 10.2. The largest absolute Gasteiger partial charge is 0.497 e. The number of aliphatic imine (C=N–C) groups is 1. The van der Waals surface area contributed by atoms with Crippen LogP contribution in [-0.4, -0.2) is 19.7 Å². The van der Waals surface area contributed by atoms with Gasteiger partial charge in [0.1, 0.15) is 11.5 Å². The average Bonchev–Trinajstić information content (AvgIpc) is 2.27. The number of halogens is 3. The molecule has 5 nitrogen and oxygen atoms in total. The number of benzene rings is 1. The van der Waals surface area contributed by atoms with Crippen LogP contribution in [0.25, 0.3) is 0 Å². The van der Waals surface area contributed by atoms with Crippen molar-refractivity contribution >= 4 is 29.9 Å². The van der Waals surface area contributed by atoms with E-state index in [1.165, 1.54) is 25.3 Å². The van der Waals surface area contributed by atoms with Gasteiger partial charge in [-0.1, -0.05) is 0 Å². The standard InChI is InChI=1S/C10H13F2N3O2.HI/c1-16-7-2-3-8(17-9(11)12)6(4-7)5-15-10(13)14;/h2-4,9H,5H2,1H3,(H4,13,14,15);1H. The highest BCUT2D eigenvalue weighted by Gasteiger charge is 2.10. The molecule has 0 atom stereocenters. The summed E-state index contributed by atoms with van der Waals surface area (Å²) < 4.78 is 33.6. The number of rotatable bonds is 5. The molecule has 102 valence electrons. The molecule has 0 fully saturated rings. The molecule has 8 heteroatoms. The zero-order valence-electron chi connectivity index (χ0n) is 9.60. The molecule has 0 aliphatic heterocycles. The van der Waals surface area contributed by atoms with Crippen LogP contribution in [0.5, 0.6) is 11.5 Å². The van der Waals surface area contributed by atoms with Gasteiger partial charge in [0.2, 0.25) is 0 Å². The molecule has 1 aromatic rings. The first-order chi connectivity index (χ1) is 8.02. The van der Waals surface area contributed by atoms with Crippen molar-refractivity contribution in [3.8, 4) is 11.5 Å². The average molecular weight is 373 g/mol. The summed E-state index contributed by atoms with van der Waals surface area (Å²) in [5.74, 6) is 0.397. The van der Waals surface area contributed by atoms with E-state index in [1.807, 2.05) is 0 Å². The second-order valence-corrected chi connectivity index (χ2v) is 3.09. The fourth-order valence-corrected chi connectivity index (χ4v) is 1.19. The number of nitrogens with two attached hydrogens (primary N) is 2. The molecular formula is C10H14F2IN3O2. The summed E-state index contributed by atoms with van der Waals surface area (Å²) in [4.78, 5) is 3.73. The lowest BCUT2D eigenvalue weighted by Crippen LogP contribution is -2.22. The van der Waals surface area contributed by atoms with E-state index in [0.717, 1.165) is 0 Å². The molecule has 0 unspecified atom stereocenters. The number of alkyl halides is 2. The van der Waals surface area contributed by atoms with Gasteiger partial charge in [0.15, 0.2) is 5.96 Å². The number of hydrogen-bond donors (Lipinski definition) is 2. The van der Waals surface area contributed by atoms with Gasteiger partial charge in [0.05, 0.1) is 13.7 Å². The SMILES string of the molecule is COc1ccc(OC(F)F)c(CN=C(N)N)c1.I. The minimum Gasteiger partial charge on any atom is -0.497 e. The Labute approximate surface area is 120 Å². The summed E-state index contributed by atoms with van der Waals surface area (Å²) in [6.45, 7) is -2.86. The molecule has 0 radical (unpaired) electrons. The predicted octanol–water partition coefficient (Wildman–Crippen LogP) is 1.69. The van der Waals surface area contributed by atoms with E-state index in [2.05, 4.69) is 9.73 Å². The molecule has 0 saturated heterocycles. The van der Waals surface area contributed by atoms with Crippen LogP contribution < -0.4 is 20.9 Å². The van der Waals surface area contributed by atoms with Gasteiger partial charge in [-0.05, 0) is 18.2 Å². The van der Waals surface area contributed by atoms with Crippen molar-refractivity contribution in [3.63, 3.8) is 0 Å². The Kier molecular flexibility index (Phi) is 7.32. The van der Waals surface area contributed by atoms with Crippen molar-refractivity contribution < 1.29 is 18.3 Å². The van der Waals surface area contributed by atoms with Gasteiger partial charge < -0.3 is 20.9 Å². The van der Waals surface area contributed by atoms with E-state index in [1.54, 1.807) is 0 Å². The van der Waals surface area contributed by atoms with Crippen LogP contribution in [0.4, 0.5) is 8.78 Å². The highest BCUT2D eigenvalue weighted by atomic mass is 127. The first-order valence-electron chi connectivity index (χ1n) is 4.70. The zero-order chi connectivity index (χ0) is 12.8. The Balaban J connectivity index is 0.00000289. The summed E-state index contributed by atoms with van der Waals surface area (Å²) >= 11 is 0. The molecule has 0 saturated carbocycles.